The Balaban J connectivity index is 1.65. The van der Waals surface area contributed by atoms with E-state index in [4.69, 9.17) is 10.5 Å². The molecule has 21 heavy (non-hydrogen) atoms. The van der Waals surface area contributed by atoms with Gasteiger partial charge in [-0.05, 0) is 24.3 Å². The first-order chi connectivity index (χ1) is 10.3. The summed E-state index contributed by atoms with van der Waals surface area (Å²) in [6.45, 7) is 3.71. The number of nitrogen functional groups attached to an aromatic ring is 1. The smallest absolute Gasteiger partial charge is 0.233 e. The van der Waals surface area contributed by atoms with Crippen molar-refractivity contribution in [3.05, 3.63) is 36.7 Å². The maximum absolute atomic E-state index is 5.73. The van der Waals surface area contributed by atoms with Gasteiger partial charge in [-0.25, -0.2) is 0 Å². The fourth-order valence-corrected chi connectivity index (χ4v) is 2.47. The highest BCUT2D eigenvalue weighted by Crippen LogP contribution is 2.20. The van der Waals surface area contributed by atoms with Crippen LogP contribution in [0.1, 0.15) is 0 Å². The van der Waals surface area contributed by atoms with Crippen molar-refractivity contribution in [1.82, 2.24) is 9.97 Å². The Morgan fingerprint density at radius 1 is 1.00 bits per heavy atom. The van der Waals surface area contributed by atoms with Crippen molar-refractivity contribution < 1.29 is 4.74 Å². The average molecular weight is 285 g/mol. The summed E-state index contributed by atoms with van der Waals surface area (Å²) in [5, 5.41) is 0. The van der Waals surface area contributed by atoms with Gasteiger partial charge in [0.1, 0.15) is 0 Å². The molecule has 0 unspecified atom stereocenters. The molecule has 1 aliphatic heterocycles. The van der Waals surface area contributed by atoms with Gasteiger partial charge in [0.15, 0.2) is 5.82 Å². The first-order valence-electron chi connectivity index (χ1n) is 6.98. The number of benzene rings is 1. The molecule has 0 radical (unpaired) electrons. The van der Waals surface area contributed by atoms with Gasteiger partial charge in [0.05, 0.1) is 19.5 Å². The van der Waals surface area contributed by atoms with Crippen molar-refractivity contribution in [1.29, 1.82) is 0 Å². The number of hydrogen-bond acceptors (Lipinski definition) is 6. The number of rotatable bonds is 3. The third-order valence-corrected chi connectivity index (χ3v) is 3.67. The molecule has 3 rings (SSSR count). The molecule has 1 aromatic heterocycles. The number of aromatic nitrogens is 2. The molecule has 0 spiro atoms. The standard InChI is InChI=1S/C15H19N5O/c1-21-15-11-17-10-14(18-15)20-8-6-19(7-9-20)13-4-2-12(16)3-5-13/h2-5,10-11H,6-9,16H2,1H3. The number of nitrogens with zero attached hydrogens (tertiary/aromatic N) is 4. The van der Waals surface area contributed by atoms with Crippen molar-refractivity contribution >= 4 is 17.2 Å². The zero-order chi connectivity index (χ0) is 14.7. The zero-order valence-corrected chi connectivity index (χ0v) is 12.1. The maximum Gasteiger partial charge on any atom is 0.233 e. The Bertz CT molecular complexity index is 593. The molecular formula is C15H19N5O. The van der Waals surface area contributed by atoms with Crippen LogP contribution in [0.5, 0.6) is 5.88 Å². The van der Waals surface area contributed by atoms with Crippen LogP contribution < -0.4 is 20.3 Å². The fraction of sp³-hybridized carbons (Fsp3) is 0.333. The highest BCUT2D eigenvalue weighted by molar-refractivity contribution is 5.54. The lowest BCUT2D eigenvalue weighted by Crippen LogP contribution is -2.46. The van der Waals surface area contributed by atoms with E-state index in [9.17, 15) is 0 Å². The summed E-state index contributed by atoms with van der Waals surface area (Å²) in [5.41, 5.74) is 7.73. The molecule has 6 nitrogen and oxygen atoms in total. The van der Waals surface area contributed by atoms with E-state index in [1.165, 1.54) is 5.69 Å². The summed E-state index contributed by atoms with van der Waals surface area (Å²) < 4.78 is 5.12. The number of anilines is 3. The third-order valence-electron chi connectivity index (χ3n) is 3.67. The second-order valence-corrected chi connectivity index (χ2v) is 4.99. The van der Waals surface area contributed by atoms with Gasteiger partial charge >= 0.3 is 0 Å². The Hall–Kier alpha value is -2.50. The summed E-state index contributed by atoms with van der Waals surface area (Å²) in [4.78, 5) is 13.2. The molecule has 2 heterocycles. The number of hydrogen-bond donors (Lipinski definition) is 1. The zero-order valence-electron chi connectivity index (χ0n) is 12.1. The summed E-state index contributed by atoms with van der Waals surface area (Å²) in [6.07, 6.45) is 3.40. The minimum absolute atomic E-state index is 0.550. The monoisotopic (exact) mass is 285 g/mol. The molecule has 2 N–H and O–H groups in total. The summed E-state index contributed by atoms with van der Waals surface area (Å²) in [7, 11) is 1.60. The van der Waals surface area contributed by atoms with Crippen molar-refractivity contribution in [2.45, 2.75) is 0 Å². The fourth-order valence-electron chi connectivity index (χ4n) is 2.47. The highest BCUT2D eigenvalue weighted by atomic mass is 16.5. The Morgan fingerprint density at radius 2 is 1.67 bits per heavy atom. The van der Waals surface area contributed by atoms with Crippen LogP contribution in [0.15, 0.2) is 36.7 Å². The van der Waals surface area contributed by atoms with Crippen LogP contribution in [0.4, 0.5) is 17.2 Å². The van der Waals surface area contributed by atoms with E-state index in [2.05, 4.69) is 31.9 Å². The number of ether oxygens (including phenoxy) is 1. The summed E-state index contributed by atoms with van der Waals surface area (Å²) in [5.74, 6) is 1.42. The maximum atomic E-state index is 5.73. The predicted molar refractivity (Wildman–Crippen MR) is 83.9 cm³/mol. The second-order valence-electron chi connectivity index (χ2n) is 4.99. The lowest BCUT2D eigenvalue weighted by atomic mass is 10.2. The topological polar surface area (TPSA) is 67.5 Å². The van der Waals surface area contributed by atoms with Crippen molar-refractivity contribution in [3.63, 3.8) is 0 Å². The van der Waals surface area contributed by atoms with E-state index in [0.717, 1.165) is 37.7 Å². The van der Waals surface area contributed by atoms with Crippen molar-refractivity contribution in [2.24, 2.45) is 0 Å². The molecule has 1 aromatic carbocycles. The van der Waals surface area contributed by atoms with Crippen LogP contribution in [-0.2, 0) is 0 Å². The van der Waals surface area contributed by atoms with Crippen LogP contribution in [0.3, 0.4) is 0 Å². The number of nitrogens with two attached hydrogens (primary N) is 1. The van der Waals surface area contributed by atoms with Crippen LogP contribution >= 0.6 is 0 Å². The van der Waals surface area contributed by atoms with Crippen molar-refractivity contribution in [3.8, 4) is 5.88 Å². The van der Waals surface area contributed by atoms with E-state index < -0.39 is 0 Å². The minimum atomic E-state index is 0.550. The van der Waals surface area contributed by atoms with Crippen LogP contribution in [0.2, 0.25) is 0 Å². The van der Waals surface area contributed by atoms with E-state index in [1.807, 2.05) is 12.1 Å². The van der Waals surface area contributed by atoms with Gasteiger partial charge in [0, 0.05) is 37.6 Å². The highest BCUT2D eigenvalue weighted by Gasteiger charge is 2.18. The molecular weight excluding hydrogens is 266 g/mol. The molecule has 0 bridgehead atoms. The lowest BCUT2D eigenvalue weighted by Gasteiger charge is -2.36. The van der Waals surface area contributed by atoms with Crippen LogP contribution in [0.25, 0.3) is 0 Å². The third kappa shape index (κ3) is 2.99. The molecule has 2 aromatic rings. The molecule has 1 fully saturated rings. The van der Waals surface area contributed by atoms with Gasteiger partial charge in [0.2, 0.25) is 5.88 Å². The van der Waals surface area contributed by atoms with E-state index >= 15 is 0 Å². The summed E-state index contributed by atoms with van der Waals surface area (Å²) in [6, 6.07) is 8.01. The van der Waals surface area contributed by atoms with Gasteiger partial charge < -0.3 is 20.3 Å². The number of piperazine rings is 1. The normalized spacial score (nSPS) is 15.1. The van der Waals surface area contributed by atoms with Gasteiger partial charge in [-0.1, -0.05) is 0 Å². The average Bonchev–Trinajstić information content (AvgIpc) is 2.56. The minimum Gasteiger partial charge on any atom is -0.480 e. The van der Waals surface area contributed by atoms with Crippen LogP contribution in [-0.4, -0.2) is 43.3 Å². The quantitative estimate of drug-likeness (QED) is 0.860. The van der Waals surface area contributed by atoms with Crippen molar-refractivity contribution in [2.75, 3.05) is 48.8 Å². The van der Waals surface area contributed by atoms with E-state index in [1.54, 1.807) is 19.5 Å². The lowest BCUT2D eigenvalue weighted by molar-refractivity contribution is 0.395. The van der Waals surface area contributed by atoms with E-state index in [0.29, 0.717) is 5.88 Å². The van der Waals surface area contributed by atoms with Gasteiger partial charge in [-0.3, -0.25) is 4.98 Å². The molecule has 0 aliphatic carbocycles. The van der Waals surface area contributed by atoms with Gasteiger partial charge in [-0.2, -0.15) is 4.98 Å². The second kappa shape index (κ2) is 5.87. The Kier molecular flexibility index (Phi) is 3.77. The molecule has 1 saturated heterocycles. The molecule has 0 saturated carbocycles. The van der Waals surface area contributed by atoms with E-state index in [-0.39, 0.29) is 0 Å². The molecule has 1 aliphatic rings. The Labute approximate surface area is 124 Å². The molecule has 6 heteroatoms. The van der Waals surface area contributed by atoms with Crippen LogP contribution in [0, 0.1) is 0 Å². The summed E-state index contributed by atoms with van der Waals surface area (Å²) >= 11 is 0. The largest absolute Gasteiger partial charge is 0.480 e. The van der Waals surface area contributed by atoms with Gasteiger partial charge in [0.25, 0.3) is 0 Å². The first kappa shape index (κ1) is 13.5. The van der Waals surface area contributed by atoms with Gasteiger partial charge in [-0.15, -0.1) is 0 Å². The molecule has 0 amide bonds. The molecule has 0 atom stereocenters. The molecule has 110 valence electrons. The SMILES string of the molecule is COc1cncc(N2CCN(c3ccc(N)cc3)CC2)n1. The predicted octanol–water partition coefficient (Wildman–Crippen LogP) is 1.39. The first-order valence-corrected chi connectivity index (χ1v) is 6.98. The number of methoxy groups -OCH3 is 1. The Morgan fingerprint density at radius 3 is 2.33 bits per heavy atom.